The van der Waals surface area contributed by atoms with Crippen LogP contribution in [-0.2, 0) is 4.79 Å². The molecule has 2 aliphatic carbocycles. The minimum Gasteiger partial charge on any atom is -0.352 e. The summed E-state index contributed by atoms with van der Waals surface area (Å²) in [6, 6.07) is 11.0. The standard InChI is InChI=1S/C16H22N2O.ClH/c17-13-8-4-7-12(9-13)16(19)18-15-10-14(15)11-5-2-1-3-6-11;/h1-3,5-6,12-15H,4,7-10,17H2,(H,18,19);1H. The number of benzene rings is 1. The van der Waals surface area contributed by atoms with Gasteiger partial charge in [0.15, 0.2) is 0 Å². The maximum atomic E-state index is 12.2. The lowest BCUT2D eigenvalue weighted by atomic mass is 9.85. The maximum Gasteiger partial charge on any atom is 0.223 e. The van der Waals surface area contributed by atoms with Crippen molar-refractivity contribution in [3.05, 3.63) is 35.9 Å². The first-order valence-electron chi connectivity index (χ1n) is 7.35. The molecule has 0 heterocycles. The molecule has 2 aliphatic rings. The van der Waals surface area contributed by atoms with Crippen LogP contribution in [0.3, 0.4) is 0 Å². The molecule has 0 saturated heterocycles. The summed E-state index contributed by atoms with van der Waals surface area (Å²) in [5.74, 6) is 0.877. The van der Waals surface area contributed by atoms with Crippen molar-refractivity contribution in [2.45, 2.75) is 50.1 Å². The van der Waals surface area contributed by atoms with Crippen molar-refractivity contribution >= 4 is 18.3 Å². The summed E-state index contributed by atoms with van der Waals surface area (Å²) < 4.78 is 0. The highest BCUT2D eigenvalue weighted by atomic mass is 35.5. The molecule has 2 fully saturated rings. The smallest absolute Gasteiger partial charge is 0.223 e. The second kappa shape index (κ2) is 6.59. The Morgan fingerprint density at radius 3 is 2.60 bits per heavy atom. The Bertz CT molecular complexity index is 451. The van der Waals surface area contributed by atoms with E-state index in [1.54, 1.807) is 0 Å². The van der Waals surface area contributed by atoms with Gasteiger partial charge in [0.2, 0.25) is 5.91 Å². The number of amides is 1. The normalized spacial score (nSPS) is 32.0. The third-order valence-electron chi connectivity index (χ3n) is 4.43. The summed E-state index contributed by atoms with van der Waals surface area (Å²) in [6.07, 6.45) is 5.09. The fourth-order valence-electron chi connectivity index (χ4n) is 3.19. The fraction of sp³-hybridized carbons (Fsp3) is 0.562. The molecule has 4 atom stereocenters. The van der Waals surface area contributed by atoms with Gasteiger partial charge >= 0.3 is 0 Å². The van der Waals surface area contributed by atoms with Crippen LogP contribution < -0.4 is 11.1 Å². The average Bonchev–Trinajstić information content (AvgIpc) is 3.19. The van der Waals surface area contributed by atoms with Gasteiger partial charge in [-0.2, -0.15) is 0 Å². The Balaban J connectivity index is 0.00000147. The predicted molar refractivity (Wildman–Crippen MR) is 82.9 cm³/mol. The number of nitrogens with two attached hydrogens (primary N) is 1. The summed E-state index contributed by atoms with van der Waals surface area (Å²) in [5.41, 5.74) is 7.29. The molecule has 0 radical (unpaired) electrons. The van der Waals surface area contributed by atoms with Crippen molar-refractivity contribution in [3.8, 4) is 0 Å². The molecular formula is C16H23ClN2O. The molecule has 4 unspecified atom stereocenters. The van der Waals surface area contributed by atoms with Gasteiger partial charge in [0, 0.05) is 23.9 Å². The van der Waals surface area contributed by atoms with Gasteiger partial charge in [0.1, 0.15) is 0 Å². The van der Waals surface area contributed by atoms with E-state index >= 15 is 0 Å². The molecule has 0 aliphatic heterocycles. The summed E-state index contributed by atoms with van der Waals surface area (Å²) in [4.78, 5) is 12.2. The summed E-state index contributed by atoms with van der Waals surface area (Å²) in [7, 11) is 0. The topological polar surface area (TPSA) is 55.1 Å². The zero-order valence-corrected chi connectivity index (χ0v) is 12.4. The highest BCUT2D eigenvalue weighted by molar-refractivity contribution is 5.85. The second-order valence-electron chi connectivity index (χ2n) is 5.99. The van der Waals surface area contributed by atoms with Gasteiger partial charge in [-0.05, 0) is 31.2 Å². The van der Waals surface area contributed by atoms with Gasteiger partial charge < -0.3 is 11.1 Å². The van der Waals surface area contributed by atoms with Crippen molar-refractivity contribution in [2.24, 2.45) is 11.7 Å². The fourth-order valence-corrected chi connectivity index (χ4v) is 3.19. The molecule has 1 aromatic carbocycles. The van der Waals surface area contributed by atoms with Crippen LogP contribution in [-0.4, -0.2) is 18.0 Å². The van der Waals surface area contributed by atoms with E-state index in [0.717, 1.165) is 32.1 Å². The van der Waals surface area contributed by atoms with Crippen molar-refractivity contribution < 1.29 is 4.79 Å². The Kier molecular flexibility index (Phi) is 5.06. The van der Waals surface area contributed by atoms with Crippen LogP contribution in [0.5, 0.6) is 0 Å². The van der Waals surface area contributed by atoms with E-state index in [4.69, 9.17) is 5.73 Å². The zero-order valence-electron chi connectivity index (χ0n) is 11.6. The highest BCUT2D eigenvalue weighted by Gasteiger charge is 2.40. The van der Waals surface area contributed by atoms with E-state index in [1.807, 2.05) is 6.07 Å². The summed E-state index contributed by atoms with van der Waals surface area (Å²) >= 11 is 0. The van der Waals surface area contributed by atoms with E-state index < -0.39 is 0 Å². The lowest BCUT2D eigenvalue weighted by Crippen LogP contribution is -2.38. The molecular weight excluding hydrogens is 272 g/mol. The number of halogens is 1. The Labute approximate surface area is 126 Å². The van der Waals surface area contributed by atoms with Crippen LogP contribution in [0.2, 0.25) is 0 Å². The lowest BCUT2D eigenvalue weighted by molar-refractivity contribution is -0.126. The van der Waals surface area contributed by atoms with Crippen molar-refractivity contribution in [3.63, 3.8) is 0 Å². The molecule has 3 N–H and O–H groups in total. The Morgan fingerprint density at radius 1 is 1.15 bits per heavy atom. The van der Waals surface area contributed by atoms with Gasteiger partial charge in [-0.1, -0.05) is 36.8 Å². The monoisotopic (exact) mass is 294 g/mol. The van der Waals surface area contributed by atoms with Crippen LogP contribution in [0.4, 0.5) is 0 Å². The molecule has 3 rings (SSSR count). The average molecular weight is 295 g/mol. The van der Waals surface area contributed by atoms with Gasteiger partial charge in [-0.15, -0.1) is 12.4 Å². The third kappa shape index (κ3) is 3.53. The first-order chi connectivity index (χ1) is 9.24. The van der Waals surface area contributed by atoms with E-state index in [2.05, 4.69) is 29.6 Å². The predicted octanol–water partition coefficient (Wildman–Crippen LogP) is 2.60. The molecule has 0 spiro atoms. The SMILES string of the molecule is Cl.NC1CCCC(C(=O)NC2CC2c2ccccc2)C1. The number of nitrogens with one attached hydrogen (secondary N) is 1. The Morgan fingerprint density at radius 2 is 1.90 bits per heavy atom. The van der Waals surface area contributed by atoms with E-state index in [0.29, 0.717) is 12.0 Å². The van der Waals surface area contributed by atoms with Gasteiger partial charge in [0.25, 0.3) is 0 Å². The largest absolute Gasteiger partial charge is 0.352 e. The molecule has 0 bridgehead atoms. The number of hydrogen-bond donors (Lipinski definition) is 2. The number of rotatable bonds is 3. The van der Waals surface area contributed by atoms with Crippen molar-refractivity contribution in [2.75, 3.05) is 0 Å². The van der Waals surface area contributed by atoms with Crippen LogP contribution >= 0.6 is 12.4 Å². The van der Waals surface area contributed by atoms with Crippen molar-refractivity contribution in [1.29, 1.82) is 0 Å². The van der Waals surface area contributed by atoms with Gasteiger partial charge in [0.05, 0.1) is 0 Å². The quantitative estimate of drug-likeness (QED) is 0.900. The maximum absolute atomic E-state index is 12.2. The number of hydrogen-bond acceptors (Lipinski definition) is 2. The molecule has 1 amide bonds. The zero-order chi connectivity index (χ0) is 13.2. The minimum atomic E-state index is 0. The summed E-state index contributed by atoms with van der Waals surface area (Å²) in [5, 5.41) is 3.20. The first-order valence-corrected chi connectivity index (χ1v) is 7.35. The molecule has 110 valence electrons. The lowest BCUT2D eigenvalue weighted by Gasteiger charge is -2.25. The molecule has 20 heavy (non-hydrogen) atoms. The molecule has 1 aromatic rings. The second-order valence-corrected chi connectivity index (χ2v) is 5.99. The Hall–Kier alpha value is -1.06. The van der Waals surface area contributed by atoms with E-state index in [9.17, 15) is 4.79 Å². The van der Waals surface area contributed by atoms with Crippen LogP contribution in [0.1, 0.15) is 43.6 Å². The third-order valence-corrected chi connectivity index (χ3v) is 4.43. The van der Waals surface area contributed by atoms with E-state index in [1.165, 1.54) is 5.56 Å². The molecule has 2 saturated carbocycles. The highest BCUT2D eigenvalue weighted by Crippen LogP contribution is 2.41. The van der Waals surface area contributed by atoms with Gasteiger partial charge in [-0.3, -0.25) is 4.79 Å². The van der Waals surface area contributed by atoms with E-state index in [-0.39, 0.29) is 30.3 Å². The van der Waals surface area contributed by atoms with Crippen LogP contribution in [0.25, 0.3) is 0 Å². The number of carbonyl (C=O) groups excluding carboxylic acids is 1. The first kappa shape index (κ1) is 15.3. The van der Waals surface area contributed by atoms with Gasteiger partial charge in [-0.25, -0.2) is 0 Å². The molecule has 3 nitrogen and oxygen atoms in total. The van der Waals surface area contributed by atoms with Crippen molar-refractivity contribution in [1.82, 2.24) is 5.32 Å². The molecule has 0 aromatic heterocycles. The minimum absolute atomic E-state index is 0. The molecule has 4 heteroatoms. The van der Waals surface area contributed by atoms with Crippen LogP contribution in [0, 0.1) is 5.92 Å². The van der Waals surface area contributed by atoms with Crippen LogP contribution in [0.15, 0.2) is 30.3 Å². The summed E-state index contributed by atoms with van der Waals surface area (Å²) in [6.45, 7) is 0. The number of carbonyl (C=O) groups is 1.